The summed E-state index contributed by atoms with van der Waals surface area (Å²) in [6.07, 6.45) is 2.36. The Balaban J connectivity index is 1.81. The van der Waals surface area contributed by atoms with E-state index in [1.54, 1.807) is 0 Å². The Morgan fingerprint density at radius 1 is 1.25 bits per heavy atom. The van der Waals surface area contributed by atoms with Crippen LogP contribution in [0.15, 0.2) is 28.7 Å². The average molecular weight is 304 g/mol. The lowest BCUT2D eigenvalue weighted by Gasteiger charge is -2.05. The number of nitrogens with one attached hydrogen (secondary N) is 1. The first-order valence-corrected chi connectivity index (χ1v) is 7.65. The first kappa shape index (κ1) is 12.1. The molecule has 2 rings (SSSR count). The van der Waals surface area contributed by atoms with E-state index in [4.69, 9.17) is 0 Å². The van der Waals surface area contributed by atoms with E-state index in [2.05, 4.69) is 20.7 Å². The molecule has 0 heterocycles. The van der Waals surface area contributed by atoms with Crippen LogP contribution in [-0.4, -0.2) is 20.2 Å². The summed E-state index contributed by atoms with van der Waals surface area (Å²) in [5.41, 5.74) is 1.14. The zero-order chi connectivity index (χ0) is 11.6. The largest absolute Gasteiger partial charge is 0.215 e. The molecule has 1 aromatic rings. The number of hydrogen-bond acceptors (Lipinski definition) is 2. The minimum atomic E-state index is -3.02. The van der Waals surface area contributed by atoms with Gasteiger partial charge in [-0.25, -0.2) is 13.1 Å². The van der Waals surface area contributed by atoms with Crippen LogP contribution in [0, 0.1) is 0 Å². The Kier molecular flexibility index (Phi) is 3.66. The minimum absolute atomic E-state index is 0.127. The lowest BCUT2D eigenvalue weighted by molar-refractivity contribution is 0.580. The predicted molar refractivity (Wildman–Crippen MR) is 67.8 cm³/mol. The van der Waals surface area contributed by atoms with Crippen molar-refractivity contribution in [1.29, 1.82) is 0 Å². The van der Waals surface area contributed by atoms with Gasteiger partial charge in [-0.2, -0.15) is 0 Å². The van der Waals surface area contributed by atoms with Crippen LogP contribution in [0.1, 0.15) is 18.4 Å². The second-order valence-corrected chi connectivity index (χ2v) is 6.98. The molecule has 1 aliphatic rings. The summed E-state index contributed by atoms with van der Waals surface area (Å²) in [5, 5.41) is -0.127. The topological polar surface area (TPSA) is 46.2 Å². The van der Waals surface area contributed by atoms with Crippen molar-refractivity contribution in [3.63, 3.8) is 0 Å². The van der Waals surface area contributed by atoms with Gasteiger partial charge in [-0.3, -0.25) is 0 Å². The second-order valence-electron chi connectivity index (χ2n) is 4.02. The van der Waals surface area contributed by atoms with Crippen molar-refractivity contribution >= 4 is 26.0 Å². The number of sulfonamides is 1. The number of benzene rings is 1. The highest BCUT2D eigenvalue weighted by atomic mass is 79.9. The molecule has 3 nitrogen and oxygen atoms in total. The van der Waals surface area contributed by atoms with Crippen molar-refractivity contribution in [2.75, 3.05) is 6.54 Å². The zero-order valence-corrected chi connectivity index (χ0v) is 11.2. The van der Waals surface area contributed by atoms with E-state index in [-0.39, 0.29) is 5.25 Å². The molecule has 1 N–H and O–H groups in total. The van der Waals surface area contributed by atoms with Crippen LogP contribution >= 0.6 is 15.9 Å². The summed E-state index contributed by atoms with van der Waals surface area (Å²) < 4.78 is 26.7. The van der Waals surface area contributed by atoms with Crippen LogP contribution in [0.4, 0.5) is 0 Å². The number of halogens is 1. The molecule has 0 aromatic heterocycles. The summed E-state index contributed by atoms with van der Waals surface area (Å²) in [6, 6.07) is 7.92. The minimum Gasteiger partial charge on any atom is -0.215 e. The Hall–Kier alpha value is -0.390. The SMILES string of the molecule is O=S(=O)(NCCc1ccc(Br)cc1)C1CC1. The van der Waals surface area contributed by atoms with Crippen molar-refractivity contribution < 1.29 is 8.42 Å². The van der Waals surface area contributed by atoms with E-state index in [0.717, 1.165) is 29.3 Å². The van der Waals surface area contributed by atoms with Crippen LogP contribution in [0.5, 0.6) is 0 Å². The van der Waals surface area contributed by atoms with Gasteiger partial charge in [-0.05, 0) is 37.0 Å². The van der Waals surface area contributed by atoms with Gasteiger partial charge < -0.3 is 0 Å². The van der Waals surface area contributed by atoms with Crippen LogP contribution in [0.3, 0.4) is 0 Å². The summed E-state index contributed by atoms with van der Waals surface area (Å²) in [7, 11) is -3.02. The fraction of sp³-hybridized carbons (Fsp3) is 0.455. The highest BCUT2D eigenvalue weighted by Crippen LogP contribution is 2.27. The maximum Gasteiger partial charge on any atom is 0.214 e. The summed E-state index contributed by atoms with van der Waals surface area (Å²) in [4.78, 5) is 0. The van der Waals surface area contributed by atoms with Crippen molar-refractivity contribution in [2.24, 2.45) is 0 Å². The van der Waals surface area contributed by atoms with E-state index in [1.807, 2.05) is 24.3 Å². The smallest absolute Gasteiger partial charge is 0.214 e. The highest BCUT2D eigenvalue weighted by Gasteiger charge is 2.35. The molecule has 0 amide bonds. The van der Waals surface area contributed by atoms with Gasteiger partial charge in [0.1, 0.15) is 0 Å². The summed E-state index contributed by atoms with van der Waals surface area (Å²) >= 11 is 3.36. The van der Waals surface area contributed by atoms with Gasteiger partial charge in [0.15, 0.2) is 0 Å². The first-order valence-electron chi connectivity index (χ1n) is 5.31. The predicted octanol–water partition coefficient (Wildman–Crippen LogP) is 2.07. The summed E-state index contributed by atoms with van der Waals surface area (Å²) in [6.45, 7) is 0.487. The Morgan fingerprint density at radius 2 is 1.88 bits per heavy atom. The molecule has 1 aromatic carbocycles. The van der Waals surface area contributed by atoms with Gasteiger partial charge in [-0.15, -0.1) is 0 Å². The molecule has 1 saturated carbocycles. The molecule has 5 heteroatoms. The summed E-state index contributed by atoms with van der Waals surface area (Å²) in [5.74, 6) is 0. The Bertz CT molecular complexity index is 451. The standard InChI is InChI=1S/C11H14BrNO2S/c12-10-3-1-9(2-4-10)7-8-13-16(14,15)11-5-6-11/h1-4,11,13H,5-8H2. The van der Waals surface area contributed by atoms with Crippen molar-refractivity contribution in [3.8, 4) is 0 Å². The van der Waals surface area contributed by atoms with E-state index in [9.17, 15) is 8.42 Å². The molecule has 0 radical (unpaired) electrons. The second kappa shape index (κ2) is 4.85. The van der Waals surface area contributed by atoms with Gasteiger partial charge in [0.2, 0.25) is 10.0 Å². The van der Waals surface area contributed by atoms with Crippen molar-refractivity contribution in [1.82, 2.24) is 4.72 Å². The molecule has 0 unspecified atom stereocenters. The first-order chi connectivity index (χ1) is 7.58. The van der Waals surface area contributed by atoms with E-state index in [0.29, 0.717) is 6.54 Å². The van der Waals surface area contributed by atoms with E-state index in [1.165, 1.54) is 0 Å². The molecule has 0 atom stereocenters. The lowest BCUT2D eigenvalue weighted by Crippen LogP contribution is -2.29. The quantitative estimate of drug-likeness (QED) is 0.905. The molecule has 88 valence electrons. The third-order valence-corrected chi connectivity index (χ3v) is 5.08. The molecule has 1 aliphatic carbocycles. The van der Waals surface area contributed by atoms with Gasteiger partial charge >= 0.3 is 0 Å². The fourth-order valence-electron chi connectivity index (χ4n) is 1.48. The average Bonchev–Trinajstić information content (AvgIpc) is 3.04. The van der Waals surface area contributed by atoms with Crippen LogP contribution < -0.4 is 4.72 Å². The van der Waals surface area contributed by atoms with Crippen LogP contribution in [-0.2, 0) is 16.4 Å². The van der Waals surface area contributed by atoms with Crippen molar-refractivity contribution in [3.05, 3.63) is 34.3 Å². The normalized spacial score (nSPS) is 16.3. The van der Waals surface area contributed by atoms with E-state index < -0.39 is 10.0 Å². The molecular weight excluding hydrogens is 290 g/mol. The molecule has 0 aliphatic heterocycles. The van der Waals surface area contributed by atoms with Crippen molar-refractivity contribution in [2.45, 2.75) is 24.5 Å². The molecule has 0 bridgehead atoms. The zero-order valence-electron chi connectivity index (χ0n) is 8.82. The third kappa shape index (κ3) is 3.30. The third-order valence-electron chi connectivity index (χ3n) is 2.59. The Labute approximate surface area is 104 Å². The van der Waals surface area contributed by atoms with Crippen LogP contribution in [0.2, 0.25) is 0 Å². The molecule has 0 spiro atoms. The molecule has 16 heavy (non-hydrogen) atoms. The van der Waals surface area contributed by atoms with Gasteiger partial charge in [0.05, 0.1) is 5.25 Å². The Morgan fingerprint density at radius 3 is 2.44 bits per heavy atom. The van der Waals surface area contributed by atoms with E-state index >= 15 is 0 Å². The molecule has 0 saturated heterocycles. The monoisotopic (exact) mass is 303 g/mol. The maximum atomic E-state index is 11.5. The fourth-order valence-corrected chi connectivity index (χ4v) is 3.13. The highest BCUT2D eigenvalue weighted by molar-refractivity contribution is 9.10. The number of rotatable bonds is 5. The molecule has 1 fully saturated rings. The van der Waals surface area contributed by atoms with Gasteiger partial charge in [0.25, 0.3) is 0 Å². The molecular formula is C11H14BrNO2S. The number of hydrogen-bond donors (Lipinski definition) is 1. The van der Waals surface area contributed by atoms with Gasteiger partial charge in [-0.1, -0.05) is 28.1 Å². The van der Waals surface area contributed by atoms with Crippen LogP contribution in [0.25, 0.3) is 0 Å². The van der Waals surface area contributed by atoms with Gasteiger partial charge in [0, 0.05) is 11.0 Å². The lowest BCUT2D eigenvalue weighted by atomic mass is 10.2. The maximum absolute atomic E-state index is 11.5.